The largest absolute Gasteiger partial charge is 0.496 e. The molecule has 29 heavy (non-hydrogen) atoms. The number of aromatic nitrogens is 2. The lowest BCUT2D eigenvalue weighted by molar-refractivity contribution is -0.143. The molecule has 0 amide bonds. The molecule has 0 bridgehead atoms. The molecular weight excluding hydrogens is 395 g/mol. The summed E-state index contributed by atoms with van der Waals surface area (Å²) in [4.78, 5) is 20.9. The molecule has 0 aliphatic heterocycles. The zero-order valence-corrected chi connectivity index (χ0v) is 16.9. The molecule has 0 saturated heterocycles. The van der Waals surface area contributed by atoms with Crippen LogP contribution in [0, 0.1) is 5.82 Å². The van der Waals surface area contributed by atoms with Gasteiger partial charge in [0.15, 0.2) is 5.82 Å². The maximum Gasteiger partial charge on any atom is 0.306 e. The molecule has 0 atom stereocenters. The highest BCUT2D eigenvalue weighted by atomic mass is 35.5. The molecule has 150 valence electrons. The van der Waals surface area contributed by atoms with Gasteiger partial charge in [-0.25, -0.2) is 14.4 Å². The second-order valence-electron chi connectivity index (χ2n) is 6.20. The number of carbonyl (C=O) groups is 1. The number of esters is 1. The Morgan fingerprint density at radius 2 is 1.93 bits per heavy atom. The van der Waals surface area contributed by atoms with Crippen LogP contribution >= 0.6 is 11.6 Å². The minimum atomic E-state index is -0.552. The van der Waals surface area contributed by atoms with Gasteiger partial charge in [-0.3, -0.25) is 4.79 Å². The van der Waals surface area contributed by atoms with Crippen molar-refractivity contribution >= 4 is 17.6 Å². The number of rotatable bonds is 7. The zero-order valence-electron chi connectivity index (χ0n) is 16.1. The summed E-state index contributed by atoms with van der Waals surface area (Å²) in [6, 6.07) is 13.7. The maximum atomic E-state index is 14.0. The number of carbonyl (C=O) groups excluding carboxylic acids is 1. The quantitative estimate of drug-likeness (QED) is 0.503. The van der Waals surface area contributed by atoms with Gasteiger partial charge in [0.1, 0.15) is 11.6 Å². The number of para-hydroxylation sites is 1. The topological polar surface area (TPSA) is 61.3 Å². The molecule has 0 aliphatic rings. The molecule has 0 spiro atoms. The van der Waals surface area contributed by atoms with E-state index < -0.39 is 5.82 Å². The third kappa shape index (κ3) is 5.09. The normalized spacial score (nSPS) is 10.6. The smallest absolute Gasteiger partial charge is 0.306 e. The van der Waals surface area contributed by atoms with Crippen LogP contribution in [0.2, 0.25) is 5.02 Å². The Labute approximate surface area is 173 Å². The van der Waals surface area contributed by atoms with Crippen molar-refractivity contribution in [2.75, 3.05) is 13.7 Å². The Morgan fingerprint density at radius 3 is 2.66 bits per heavy atom. The van der Waals surface area contributed by atoms with Crippen molar-refractivity contribution in [2.45, 2.75) is 19.8 Å². The summed E-state index contributed by atoms with van der Waals surface area (Å²) in [6.07, 6.45) is 0.553. The number of methoxy groups -OCH3 is 1. The lowest BCUT2D eigenvalue weighted by atomic mass is 10.1. The third-order valence-electron chi connectivity index (χ3n) is 4.23. The molecule has 0 saturated carbocycles. The number of ether oxygens (including phenoxy) is 2. The highest BCUT2D eigenvalue weighted by molar-refractivity contribution is 6.30. The lowest BCUT2D eigenvalue weighted by Gasteiger charge is -2.11. The van der Waals surface area contributed by atoms with Gasteiger partial charge in [-0.05, 0) is 43.3 Å². The third-order valence-corrected chi connectivity index (χ3v) is 4.54. The Morgan fingerprint density at radius 1 is 1.14 bits per heavy atom. The van der Waals surface area contributed by atoms with Crippen LogP contribution in [0.4, 0.5) is 4.39 Å². The fraction of sp³-hybridized carbons (Fsp3) is 0.227. The van der Waals surface area contributed by atoms with Crippen LogP contribution in [0.15, 0.2) is 48.5 Å². The van der Waals surface area contributed by atoms with Gasteiger partial charge in [-0.1, -0.05) is 23.7 Å². The Hall–Kier alpha value is -2.99. The number of halogens is 2. The second kappa shape index (κ2) is 9.47. The van der Waals surface area contributed by atoms with E-state index in [1.165, 1.54) is 12.1 Å². The molecular formula is C22H20ClFN2O3. The van der Waals surface area contributed by atoms with Crippen molar-refractivity contribution in [3.05, 3.63) is 65.1 Å². The summed E-state index contributed by atoms with van der Waals surface area (Å²) < 4.78 is 24.4. The average Bonchev–Trinajstić information content (AvgIpc) is 2.74. The van der Waals surface area contributed by atoms with E-state index in [0.29, 0.717) is 41.6 Å². The van der Waals surface area contributed by atoms with Crippen molar-refractivity contribution in [3.63, 3.8) is 0 Å². The van der Waals surface area contributed by atoms with Crippen LogP contribution in [0.3, 0.4) is 0 Å². The van der Waals surface area contributed by atoms with Crippen molar-refractivity contribution in [3.8, 4) is 28.4 Å². The molecule has 0 aliphatic carbocycles. The monoisotopic (exact) mass is 414 g/mol. The predicted octanol–water partition coefficient (Wildman–Crippen LogP) is 5.11. The molecule has 5 nitrogen and oxygen atoms in total. The Kier molecular flexibility index (Phi) is 6.77. The van der Waals surface area contributed by atoms with Gasteiger partial charge >= 0.3 is 5.97 Å². The van der Waals surface area contributed by atoms with Crippen molar-refractivity contribution < 1.29 is 18.7 Å². The molecule has 1 heterocycles. The van der Waals surface area contributed by atoms with E-state index >= 15 is 0 Å². The van der Waals surface area contributed by atoms with Crippen LogP contribution in [0.1, 0.15) is 19.0 Å². The zero-order chi connectivity index (χ0) is 20.8. The highest BCUT2D eigenvalue weighted by Crippen LogP contribution is 2.31. The fourth-order valence-corrected chi connectivity index (χ4v) is 2.96. The number of nitrogens with zero attached hydrogens (tertiary/aromatic N) is 2. The first kappa shape index (κ1) is 20.7. The molecule has 0 fully saturated rings. The van der Waals surface area contributed by atoms with Crippen LogP contribution in [0.5, 0.6) is 5.75 Å². The molecule has 2 aromatic carbocycles. The maximum absolute atomic E-state index is 14.0. The van der Waals surface area contributed by atoms with Crippen LogP contribution in [-0.2, 0) is 16.0 Å². The second-order valence-corrected chi connectivity index (χ2v) is 6.61. The first-order chi connectivity index (χ1) is 14.0. The van der Waals surface area contributed by atoms with Crippen LogP contribution in [0.25, 0.3) is 22.6 Å². The van der Waals surface area contributed by atoms with Gasteiger partial charge in [-0.2, -0.15) is 0 Å². The fourth-order valence-electron chi connectivity index (χ4n) is 2.85. The first-order valence-corrected chi connectivity index (χ1v) is 9.52. The summed E-state index contributed by atoms with van der Waals surface area (Å²) in [7, 11) is 1.58. The molecule has 3 rings (SSSR count). The number of hydrogen-bond donors (Lipinski definition) is 0. The summed E-state index contributed by atoms with van der Waals surface area (Å²) >= 11 is 5.80. The average molecular weight is 415 g/mol. The molecule has 0 N–H and O–H groups in total. The van der Waals surface area contributed by atoms with E-state index in [-0.39, 0.29) is 17.4 Å². The first-order valence-electron chi connectivity index (χ1n) is 9.14. The Bertz CT molecular complexity index is 1030. The molecule has 0 radical (unpaired) electrons. The van der Waals surface area contributed by atoms with E-state index in [1.54, 1.807) is 26.2 Å². The van der Waals surface area contributed by atoms with E-state index in [0.717, 1.165) is 5.56 Å². The van der Waals surface area contributed by atoms with Gasteiger partial charge < -0.3 is 9.47 Å². The van der Waals surface area contributed by atoms with E-state index in [9.17, 15) is 9.18 Å². The minimum Gasteiger partial charge on any atom is -0.496 e. The highest BCUT2D eigenvalue weighted by Gasteiger charge is 2.14. The molecule has 0 unspecified atom stereocenters. The van der Waals surface area contributed by atoms with E-state index in [2.05, 4.69) is 9.97 Å². The molecule has 3 aromatic rings. The lowest BCUT2D eigenvalue weighted by Crippen LogP contribution is -2.07. The summed E-state index contributed by atoms with van der Waals surface area (Å²) in [5.74, 6) is 0.131. The van der Waals surface area contributed by atoms with Gasteiger partial charge in [0.05, 0.1) is 30.9 Å². The van der Waals surface area contributed by atoms with Crippen molar-refractivity contribution in [2.24, 2.45) is 0 Å². The van der Waals surface area contributed by atoms with Gasteiger partial charge in [-0.15, -0.1) is 0 Å². The van der Waals surface area contributed by atoms with Gasteiger partial charge in [0.2, 0.25) is 0 Å². The van der Waals surface area contributed by atoms with Crippen molar-refractivity contribution in [1.29, 1.82) is 0 Å². The molecule has 7 heteroatoms. The van der Waals surface area contributed by atoms with Gasteiger partial charge in [0, 0.05) is 23.2 Å². The summed E-state index contributed by atoms with van der Waals surface area (Å²) in [6.45, 7) is 2.08. The van der Waals surface area contributed by atoms with E-state index in [4.69, 9.17) is 21.1 Å². The van der Waals surface area contributed by atoms with E-state index in [1.807, 2.05) is 24.3 Å². The Balaban J connectivity index is 2.06. The number of benzene rings is 2. The predicted molar refractivity (Wildman–Crippen MR) is 109 cm³/mol. The van der Waals surface area contributed by atoms with Crippen molar-refractivity contribution in [1.82, 2.24) is 9.97 Å². The summed E-state index contributed by atoms with van der Waals surface area (Å²) in [5.41, 5.74) is 2.51. The standard InChI is InChI=1S/C22H20ClFN2O3/c1-3-29-21(27)11-9-15-13-19(16-6-4-5-7-20(16)28-2)26-22(25-15)14-8-10-17(23)18(24)12-14/h4-8,10,12-13H,3,9,11H2,1-2H3. The van der Waals surface area contributed by atoms with Gasteiger partial charge in [0.25, 0.3) is 0 Å². The number of hydrogen-bond acceptors (Lipinski definition) is 5. The SMILES string of the molecule is CCOC(=O)CCc1cc(-c2ccccc2OC)nc(-c2ccc(Cl)c(F)c2)n1. The minimum absolute atomic E-state index is 0.0252. The molecule has 1 aromatic heterocycles. The summed E-state index contributed by atoms with van der Waals surface area (Å²) in [5, 5.41) is 0.0252. The van der Waals surface area contributed by atoms with Crippen LogP contribution in [-0.4, -0.2) is 29.7 Å². The number of aryl methyl sites for hydroxylation is 1. The van der Waals surface area contributed by atoms with Crippen LogP contribution < -0.4 is 4.74 Å².